The maximum Gasteiger partial charge on any atom is 0.255 e. The number of amides is 4. The average Bonchev–Trinajstić information content (AvgIpc) is 4.08. The summed E-state index contributed by atoms with van der Waals surface area (Å²) in [5.41, 5.74) is 0.305. The number of unbranched alkanes of at least 4 members (excludes halogenated alkanes) is 3. The summed E-state index contributed by atoms with van der Waals surface area (Å²) in [5, 5.41) is 5.09. The van der Waals surface area contributed by atoms with E-state index in [4.69, 9.17) is 4.74 Å². The summed E-state index contributed by atoms with van der Waals surface area (Å²) in [6.45, 7) is 2.27. The number of benzene rings is 1. The number of sulfonamides is 1. The Hall–Kier alpha value is -5.06. The van der Waals surface area contributed by atoms with Crippen molar-refractivity contribution >= 4 is 44.7 Å². The largest absolute Gasteiger partial charge is 0.471 e. The zero-order valence-electron chi connectivity index (χ0n) is 30.7. The number of aromatic nitrogens is 3. The van der Waals surface area contributed by atoms with Crippen LogP contribution in [0.25, 0.3) is 11.0 Å². The molecule has 14 nitrogen and oxygen atoms in total. The lowest BCUT2D eigenvalue weighted by molar-refractivity contribution is -0.140. The number of para-hydroxylation sites is 1. The molecule has 3 aliphatic rings. The van der Waals surface area contributed by atoms with Crippen molar-refractivity contribution in [3.63, 3.8) is 0 Å². The van der Waals surface area contributed by atoms with Crippen LogP contribution in [0.1, 0.15) is 87.2 Å². The Morgan fingerprint density at radius 3 is 2.58 bits per heavy atom. The van der Waals surface area contributed by atoms with Gasteiger partial charge in [-0.1, -0.05) is 31.1 Å². The topological polar surface area (TPSA) is 190 Å². The fourth-order valence-electron chi connectivity index (χ4n) is 6.42. The Bertz CT molecular complexity index is 2090. The Morgan fingerprint density at radius 1 is 1.07 bits per heavy atom. The highest BCUT2D eigenvalue weighted by Gasteiger charge is 2.51. The molecular weight excluding hydrogens is 737 g/mol. The predicted octanol–water partition coefficient (Wildman–Crippen LogP) is 3.79. The van der Waals surface area contributed by atoms with Crippen LogP contribution in [-0.2, 0) is 24.4 Å². The minimum Gasteiger partial charge on any atom is -0.471 e. The normalized spacial score (nSPS) is 19.6. The van der Waals surface area contributed by atoms with Crippen LogP contribution in [0.2, 0.25) is 0 Å². The molecule has 2 saturated carbocycles. The second-order valence-electron chi connectivity index (χ2n) is 14.7. The molecule has 0 spiro atoms. The van der Waals surface area contributed by atoms with Crippen molar-refractivity contribution in [2.24, 2.45) is 5.92 Å². The van der Waals surface area contributed by atoms with Crippen molar-refractivity contribution < 1.29 is 41.1 Å². The molecule has 2 aliphatic carbocycles. The summed E-state index contributed by atoms with van der Waals surface area (Å²) in [5.74, 6) is -4.06. The number of nitrogens with zero attached hydrogens (tertiary/aromatic N) is 4. The van der Waals surface area contributed by atoms with Crippen LogP contribution in [0.15, 0.2) is 48.8 Å². The van der Waals surface area contributed by atoms with Crippen LogP contribution >= 0.6 is 0 Å². The molecule has 294 valence electrons. The molecule has 2 aromatic heterocycles. The lowest BCUT2D eigenvalue weighted by atomic mass is 10.0. The van der Waals surface area contributed by atoms with E-state index >= 15 is 0 Å². The number of fused-ring (bicyclic) bond motifs is 1. The van der Waals surface area contributed by atoms with Gasteiger partial charge in [-0.15, -0.1) is 0 Å². The summed E-state index contributed by atoms with van der Waals surface area (Å²) in [4.78, 5) is 67.7. The van der Waals surface area contributed by atoms with E-state index in [0.29, 0.717) is 36.4 Å². The van der Waals surface area contributed by atoms with E-state index in [1.165, 1.54) is 49.1 Å². The first kappa shape index (κ1) is 39.6. The first-order chi connectivity index (χ1) is 26.2. The zero-order chi connectivity index (χ0) is 39.3. The van der Waals surface area contributed by atoms with E-state index in [0.717, 1.165) is 25.5 Å². The van der Waals surface area contributed by atoms with Crippen LogP contribution < -0.4 is 20.1 Å². The first-order valence-electron chi connectivity index (χ1n) is 18.5. The van der Waals surface area contributed by atoms with E-state index < -0.39 is 74.8 Å². The van der Waals surface area contributed by atoms with Crippen LogP contribution in [0.3, 0.4) is 0 Å². The second kappa shape index (κ2) is 16.8. The van der Waals surface area contributed by atoms with Crippen molar-refractivity contribution in [2.75, 3.05) is 13.1 Å². The molecule has 1 saturated heterocycles. The fourth-order valence-corrected chi connectivity index (χ4v) is 7.67. The SMILES string of the molecule is Cc1nc2cccc(F)c2nc1O[C@@H]1C[C@@H](C(=O)NCC(=O)NS(=O)(=O)C2(C)CC2)N(C(=O)[C@H](CCCCC/C=C\C2CC2)NC(=O)c2ccncc2F)C1. The first-order valence-corrected chi connectivity index (χ1v) is 20.0. The lowest BCUT2D eigenvalue weighted by Gasteiger charge is -2.28. The monoisotopic (exact) mass is 781 g/mol. The van der Waals surface area contributed by atoms with Gasteiger partial charge in [-0.25, -0.2) is 27.2 Å². The summed E-state index contributed by atoms with van der Waals surface area (Å²) in [6, 6.07) is 3.11. The Balaban J connectivity index is 1.20. The van der Waals surface area contributed by atoms with Gasteiger partial charge < -0.3 is 20.3 Å². The highest BCUT2D eigenvalue weighted by Crippen LogP contribution is 2.42. The maximum atomic E-state index is 14.6. The van der Waals surface area contributed by atoms with E-state index in [9.17, 15) is 36.4 Å². The van der Waals surface area contributed by atoms with Gasteiger partial charge in [0.2, 0.25) is 27.7 Å². The number of nitrogens with one attached hydrogen (secondary N) is 3. The zero-order valence-corrected chi connectivity index (χ0v) is 31.5. The fraction of sp³-hybridized carbons (Fsp3) is 0.500. The molecule has 4 amide bonds. The predicted molar refractivity (Wildman–Crippen MR) is 197 cm³/mol. The third-order valence-electron chi connectivity index (χ3n) is 10.2. The smallest absolute Gasteiger partial charge is 0.255 e. The summed E-state index contributed by atoms with van der Waals surface area (Å²) in [6.07, 6.45) is 11.9. The minimum atomic E-state index is -3.96. The van der Waals surface area contributed by atoms with Gasteiger partial charge in [0, 0.05) is 12.6 Å². The van der Waals surface area contributed by atoms with E-state index in [-0.39, 0.29) is 36.3 Å². The number of pyridine rings is 1. The molecule has 3 fully saturated rings. The Morgan fingerprint density at radius 2 is 1.85 bits per heavy atom. The van der Waals surface area contributed by atoms with Gasteiger partial charge in [-0.3, -0.25) is 28.9 Å². The van der Waals surface area contributed by atoms with Crippen LogP contribution in [0.4, 0.5) is 8.78 Å². The number of hydrogen-bond acceptors (Lipinski definition) is 10. The van der Waals surface area contributed by atoms with Gasteiger partial charge in [0.05, 0.1) is 35.1 Å². The molecular formula is C38H45F2N7O7S. The van der Waals surface area contributed by atoms with Gasteiger partial charge in [0.25, 0.3) is 11.8 Å². The van der Waals surface area contributed by atoms with Gasteiger partial charge in [-0.2, -0.15) is 0 Å². The molecule has 3 N–H and O–H groups in total. The summed E-state index contributed by atoms with van der Waals surface area (Å²) < 4.78 is 61.5. The highest BCUT2D eigenvalue weighted by molar-refractivity contribution is 7.91. The summed E-state index contributed by atoms with van der Waals surface area (Å²) >= 11 is 0. The molecule has 0 radical (unpaired) electrons. The lowest BCUT2D eigenvalue weighted by Crippen LogP contribution is -2.54. The second-order valence-corrected chi connectivity index (χ2v) is 16.9. The quantitative estimate of drug-likeness (QED) is 0.134. The van der Waals surface area contributed by atoms with E-state index in [1.807, 2.05) is 4.72 Å². The number of rotatable bonds is 17. The minimum absolute atomic E-state index is 0.0111. The van der Waals surface area contributed by atoms with E-state index in [1.54, 1.807) is 13.0 Å². The molecule has 3 heterocycles. The number of ether oxygens (including phenoxy) is 1. The highest BCUT2D eigenvalue weighted by atomic mass is 32.2. The van der Waals surface area contributed by atoms with Crippen molar-refractivity contribution in [2.45, 2.75) is 101 Å². The van der Waals surface area contributed by atoms with Gasteiger partial charge >= 0.3 is 0 Å². The number of allylic oxidation sites excluding steroid dienone is 2. The Labute approximate surface area is 318 Å². The number of halogens is 2. The van der Waals surface area contributed by atoms with Crippen molar-refractivity contribution in [1.29, 1.82) is 0 Å². The third kappa shape index (κ3) is 9.79. The molecule has 3 atom stereocenters. The van der Waals surface area contributed by atoms with Crippen LogP contribution in [-0.4, -0.2) is 87.9 Å². The van der Waals surface area contributed by atoms with Crippen molar-refractivity contribution in [1.82, 2.24) is 35.2 Å². The Kier molecular flexibility index (Phi) is 12.1. The third-order valence-corrected chi connectivity index (χ3v) is 12.4. The average molecular weight is 782 g/mol. The number of aryl methyl sites for hydroxylation is 1. The van der Waals surface area contributed by atoms with Crippen molar-refractivity contribution in [3.8, 4) is 5.88 Å². The van der Waals surface area contributed by atoms with Gasteiger partial charge in [0.15, 0.2) is 11.6 Å². The molecule has 0 bridgehead atoms. The number of carbonyl (C=O) groups excluding carboxylic acids is 4. The molecule has 1 aromatic carbocycles. The van der Waals surface area contributed by atoms with Gasteiger partial charge in [-0.05, 0) is 82.9 Å². The molecule has 6 rings (SSSR count). The molecule has 0 unspecified atom stereocenters. The standard InChI is InChI=1S/C38H45F2N7O7S/c1-23-36(45-33-27(39)10-8-12-29(33)43-23)54-25-19-31(35(50)42-21-32(48)46-55(52,53)38(2)16-17-38)47(22-25)37(51)30(11-7-5-3-4-6-9-24-13-14-24)44-34(49)26-15-18-41-20-28(26)40/h6,8-10,12,15,18,20,24-25,30-31H,3-5,7,11,13-14,16-17,19,21-22H2,1-2H3,(H,42,50)(H,44,49)(H,46,48)/b9-6-/t25-,30+,31+/m1/s1. The van der Waals surface area contributed by atoms with Crippen LogP contribution in [0.5, 0.6) is 5.88 Å². The number of carbonyl (C=O) groups is 4. The molecule has 3 aromatic rings. The maximum absolute atomic E-state index is 14.6. The van der Waals surface area contributed by atoms with Crippen molar-refractivity contribution in [3.05, 3.63) is 71.7 Å². The van der Waals surface area contributed by atoms with Gasteiger partial charge in [0.1, 0.15) is 29.4 Å². The van der Waals surface area contributed by atoms with Crippen LogP contribution in [0, 0.1) is 24.5 Å². The molecule has 55 heavy (non-hydrogen) atoms. The molecule has 1 aliphatic heterocycles. The summed E-state index contributed by atoms with van der Waals surface area (Å²) in [7, 11) is -3.96. The number of likely N-dealkylation sites (tertiary alicyclic amines) is 1. The molecule has 17 heteroatoms. The van der Waals surface area contributed by atoms with E-state index in [2.05, 4.69) is 37.7 Å². The number of hydrogen-bond donors (Lipinski definition) is 3.